The van der Waals surface area contributed by atoms with Gasteiger partial charge < -0.3 is 15.7 Å². The summed E-state index contributed by atoms with van der Waals surface area (Å²) in [6, 6.07) is 9.56. The molecule has 2 aromatic carbocycles. The summed E-state index contributed by atoms with van der Waals surface area (Å²) in [5.41, 5.74) is 0.514. The molecule has 7 heteroatoms. The van der Waals surface area contributed by atoms with Crippen molar-refractivity contribution in [1.82, 2.24) is 5.32 Å². The van der Waals surface area contributed by atoms with Gasteiger partial charge in [0.15, 0.2) is 17.5 Å². The van der Waals surface area contributed by atoms with Gasteiger partial charge in [-0.2, -0.15) is 0 Å². The van der Waals surface area contributed by atoms with Crippen LogP contribution in [0.2, 0.25) is 0 Å². The number of rotatable bonds is 5. The molecule has 0 aromatic heterocycles. The number of hydrogen-bond acceptors (Lipinski definition) is 2. The average Bonchev–Trinajstić information content (AvgIpc) is 2.53. The highest BCUT2D eigenvalue weighted by molar-refractivity contribution is 5.89. The van der Waals surface area contributed by atoms with Crippen molar-refractivity contribution in [3.05, 3.63) is 65.5 Å². The van der Waals surface area contributed by atoms with E-state index in [1.165, 1.54) is 0 Å². The lowest BCUT2D eigenvalue weighted by atomic mass is 10.1. The Morgan fingerprint density at radius 3 is 2.30 bits per heavy atom. The molecule has 2 aromatic rings. The Morgan fingerprint density at radius 1 is 1.09 bits per heavy atom. The zero-order valence-corrected chi connectivity index (χ0v) is 12.0. The standard InChI is InChI=1S/C16H15F3N2O2/c17-12-8-11(9-13(18)15(12)19)21-16(23)20-7-6-14(22)10-4-2-1-3-5-10/h1-5,8-9,14,22H,6-7H2,(H2,20,21,23). The van der Waals surface area contributed by atoms with E-state index in [1.807, 2.05) is 6.07 Å². The predicted molar refractivity (Wildman–Crippen MR) is 79.4 cm³/mol. The number of carbonyl (C=O) groups excluding carboxylic acids is 1. The van der Waals surface area contributed by atoms with Gasteiger partial charge in [0.25, 0.3) is 0 Å². The zero-order valence-electron chi connectivity index (χ0n) is 12.0. The van der Waals surface area contributed by atoms with E-state index in [0.717, 1.165) is 5.56 Å². The minimum Gasteiger partial charge on any atom is -0.388 e. The number of amides is 2. The van der Waals surface area contributed by atoms with Gasteiger partial charge in [0, 0.05) is 24.4 Å². The topological polar surface area (TPSA) is 61.4 Å². The maximum Gasteiger partial charge on any atom is 0.319 e. The minimum absolute atomic E-state index is 0.147. The van der Waals surface area contributed by atoms with Gasteiger partial charge in [0.05, 0.1) is 6.10 Å². The highest BCUT2D eigenvalue weighted by atomic mass is 19.2. The van der Waals surface area contributed by atoms with E-state index >= 15 is 0 Å². The summed E-state index contributed by atoms with van der Waals surface area (Å²) < 4.78 is 38.8. The third-order valence-corrected chi connectivity index (χ3v) is 3.13. The van der Waals surface area contributed by atoms with Crippen molar-refractivity contribution >= 4 is 11.7 Å². The van der Waals surface area contributed by atoms with Crippen molar-refractivity contribution in [2.45, 2.75) is 12.5 Å². The molecule has 2 amide bonds. The van der Waals surface area contributed by atoms with Crippen LogP contribution in [0, 0.1) is 17.5 Å². The molecule has 122 valence electrons. The fourth-order valence-electron chi connectivity index (χ4n) is 1.97. The van der Waals surface area contributed by atoms with Crippen LogP contribution in [0.4, 0.5) is 23.7 Å². The maximum absolute atomic E-state index is 13.0. The number of aliphatic hydroxyl groups excluding tert-OH is 1. The van der Waals surface area contributed by atoms with E-state index in [4.69, 9.17) is 0 Å². The quantitative estimate of drug-likeness (QED) is 0.739. The molecule has 0 heterocycles. The molecule has 2 rings (SSSR count). The second kappa shape index (κ2) is 7.64. The number of aliphatic hydroxyl groups is 1. The van der Waals surface area contributed by atoms with E-state index in [-0.39, 0.29) is 18.7 Å². The molecule has 1 unspecified atom stereocenters. The molecule has 4 nitrogen and oxygen atoms in total. The van der Waals surface area contributed by atoms with Gasteiger partial charge in [0.2, 0.25) is 0 Å². The molecule has 0 bridgehead atoms. The third kappa shape index (κ3) is 4.72. The summed E-state index contributed by atoms with van der Waals surface area (Å²) in [6.45, 7) is 0.147. The Kier molecular flexibility index (Phi) is 5.59. The normalized spacial score (nSPS) is 11.8. The number of anilines is 1. The maximum atomic E-state index is 13.0. The lowest BCUT2D eigenvalue weighted by molar-refractivity contribution is 0.167. The van der Waals surface area contributed by atoms with Crippen LogP contribution in [-0.4, -0.2) is 17.7 Å². The van der Waals surface area contributed by atoms with Gasteiger partial charge in [-0.1, -0.05) is 30.3 Å². The number of urea groups is 1. The molecule has 3 N–H and O–H groups in total. The Hall–Kier alpha value is -2.54. The van der Waals surface area contributed by atoms with Gasteiger partial charge in [-0.25, -0.2) is 18.0 Å². The first-order valence-corrected chi connectivity index (χ1v) is 6.90. The first-order chi connectivity index (χ1) is 11.0. The van der Waals surface area contributed by atoms with Gasteiger partial charge in [0.1, 0.15) is 0 Å². The number of carbonyl (C=O) groups is 1. The van der Waals surface area contributed by atoms with Crippen LogP contribution in [0.5, 0.6) is 0 Å². The summed E-state index contributed by atoms with van der Waals surface area (Å²) in [5.74, 6) is -4.37. The molecule has 0 spiro atoms. The summed E-state index contributed by atoms with van der Waals surface area (Å²) in [4.78, 5) is 11.6. The Bertz CT molecular complexity index is 657. The van der Waals surface area contributed by atoms with Gasteiger partial charge in [-0.3, -0.25) is 0 Å². The molecular formula is C16H15F3N2O2. The van der Waals surface area contributed by atoms with Gasteiger partial charge in [-0.05, 0) is 12.0 Å². The van der Waals surface area contributed by atoms with Crippen molar-refractivity contribution in [3.8, 4) is 0 Å². The largest absolute Gasteiger partial charge is 0.388 e. The Balaban J connectivity index is 1.82. The van der Waals surface area contributed by atoms with Crippen LogP contribution in [0.15, 0.2) is 42.5 Å². The summed E-state index contributed by atoms with van der Waals surface area (Å²) in [6.07, 6.45) is -0.471. The van der Waals surface area contributed by atoms with Crippen LogP contribution in [0.25, 0.3) is 0 Å². The number of halogens is 3. The average molecular weight is 324 g/mol. The highest BCUT2D eigenvalue weighted by Crippen LogP contribution is 2.17. The smallest absolute Gasteiger partial charge is 0.319 e. The van der Waals surface area contributed by atoms with Crippen molar-refractivity contribution in [2.24, 2.45) is 0 Å². The van der Waals surface area contributed by atoms with Crippen molar-refractivity contribution in [2.75, 3.05) is 11.9 Å². The second-order valence-corrected chi connectivity index (χ2v) is 4.85. The molecule has 1 atom stereocenters. The van der Waals surface area contributed by atoms with Crippen molar-refractivity contribution in [3.63, 3.8) is 0 Å². The highest BCUT2D eigenvalue weighted by Gasteiger charge is 2.12. The predicted octanol–water partition coefficient (Wildman–Crippen LogP) is 3.35. The van der Waals surface area contributed by atoms with Crippen LogP contribution >= 0.6 is 0 Å². The summed E-state index contributed by atoms with van der Waals surface area (Å²) in [7, 11) is 0. The first kappa shape index (κ1) is 16.8. The molecule has 0 fully saturated rings. The van der Waals surface area contributed by atoms with E-state index < -0.39 is 29.6 Å². The van der Waals surface area contributed by atoms with E-state index in [9.17, 15) is 23.1 Å². The SMILES string of the molecule is O=C(NCCC(O)c1ccccc1)Nc1cc(F)c(F)c(F)c1. The molecule has 23 heavy (non-hydrogen) atoms. The third-order valence-electron chi connectivity index (χ3n) is 3.13. The van der Waals surface area contributed by atoms with E-state index in [2.05, 4.69) is 10.6 Å². The molecule has 0 radical (unpaired) electrons. The van der Waals surface area contributed by atoms with Crippen LogP contribution < -0.4 is 10.6 Å². The zero-order chi connectivity index (χ0) is 16.8. The van der Waals surface area contributed by atoms with Crippen molar-refractivity contribution < 1.29 is 23.1 Å². The van der Waals surface area contributed by atoms with Crippen LogP contribution in [0.3, 0.4) is 0 Å². The second-order valence-electron chi connectivity index (χ2n) is 4.85. The van der Waals surface area contributed by atoms with E-state index in [0.29, 0.717) is 12.1 Å². The molecule has 0 saturated heterocycles. The first-order valence-electron chi connectivity index (χ1n) is 6.90. The molecule has 0 saturated carbocycles. The summed E-state index contributed by atoms with van der Waals surface area (Å²) in [5, 5.41) is 14.5. The van der Waals surface area contributed by atoms with E-state index in [1.54, 1.807) is 24.3 Å². The lowest BCUT2D eigenvalue weighted by Gasteiger charge is -2.12. The monoisotopic (exact) mass is 324 g/mol. The summed E-state index contributed by atoms with van der Waals surface area (Å²) >= 11 is 0. The minimum atomic E-state index is -1.60. The van der Waals surface area contributed by atoms with Crippen LogP contribution in [0.1, 0.15) is 18.1 Å². The van der Waals surface area contributed by atoms with Crippen LogP contribution in [-0.2, 0) is 0 Å². The van der Waals surface area contributed by atoms with Crippen molar-refractivity contribution in [1.29, 1.82) is 0 Å². The molecule has 0 aliphatic carbocycles. The fourth-order valence-corrected chi connectivity index (χ4v) is 1.97. The Morgan fingerprint density at radius 2 is 1.70 bits per heavy atom. The van der Waals surface area contributed by atoms with Gasteiger partial charge >= 0.3 is 6.03 Å². The molecule has 0 aliphatic heterocycles. The molecule has 0 aliphatic rings. The Labute approximate surface area is 131 Å². The molecular weight excluding hydrogens is 309 g/mol. The lowest BCUT2D eigenvalue weighted by Crippen LogP contribution is -2.30. The number of nitrogens with one attached hydrogen (secondary N) is 2. The number of benzene rings is 2. The van der Waals surface area contributed by atoms with Gasteiger partial charge in [-0.15, -0.1) is 0 Å². The fraction of sp³-hybridized carbons (Fsp3) is 0.188. The number of hydrogen-bond donors (Lipinski definition) is 3.